The molecule has 0 bridgehead atoms. The average molecular weight is 330 g/mol. The summed E-state index contributed by atoms with van der Waals surface area (Å²) in [4.78, 5) is 16.2. The number of benzene rings is 1. The van der Waals surface area contributed by atoms with E-state index < -0.39 is 5.91 Å². The molecule has 1 N–H and O–H groups in total. The number of hydrazone groups is 1. The third-order valence-electron chi connectivity index (χ3n) is 3.42. The van der Waals surface area contributed by atoms with Gasteiger partial charge in [-0.15, -0.1) is 0 Å². The number of carbonyl (C=O) groups is 1. The number of carbonyl (C=O) groups excluding carboxylic acids is 1. The Kier molecular flexibility index (Phi) is 4.38. The van der Waals surface area contributed by atoms with Crippen molar-refractivity contribution in [1.82, 2.24) is 5.01 Å². The van der Waals surface area contributed by atoms with Gasteiger partial charge >= 0.3 is 0 Å². The Morgan fingerprint density at radius 1 is 1.35 bits per heavy atom. The summed E-state index contributed by atoms with van der Waals surface area (Å²) in [5.41, 5.74) is 0.793. The maximum Gasteiger partial charge on any atom is 0.283 e. The van der Waals surface area contributed by atoms with E-state index in [1.807, 2.05) is 0 Å². The van der Waals surface area contributed by atoms with E-state index in [1.165, 1.54) is 35.0 Å². The van der Waals surface area contributed by atoms with Crippen molar-refractivity contribution in [3.8, 4) is 0 Å². The topological polar surface area (TPSA) is 68.9 Å². The number of fused-ring (bicyclic) bond motifs is 1. The van der Waals surface area contributed by atoms with Crippen LogP contribution < -0.4 is 0 Å². The van der Waals surface area contributed by atoms with Gasteiger partial charge in [0.15, 0.2) is 5.84 Å². The fraction of sp³-hybridized carbons (Fsp3) is 0.250. The molecule has 0 aromatic heterocycles. The predicted molar refractivity (Wildman–Crippen MR) is 90.9 cm³/mol. The predicted octanol–water partition coefficient (Wildman–Crippen LogP) is 3.64. The minimum absolute atomic E-state index is 0.00308. The molecule has 0 fully saturated rings. The molecule has 0 aliphatic carbocycles. The minimum atomic E-state index is -0.468. The number of nitrogens with one attached hydrogen (secondary N) is 1. The SMILES string of the molecule is CCCCC1=NN2C(=N)C(=Cc3ccc(F)cc3)C(=O)N=C2S1. The zero-order valence-corrected chi connectivity index (χ0v) is 13.4. The average Bonchev–Trinajstić information content (AvgIpc) is 2.94. The van der Waals surface area contributed by atoms with Crippen LogP contribution in [-0.2, 0) is 4.79 Å². The van der Waals surface area contributed by atoms with Crippen LogP contribution in [0.2, 0.25) is 0 Å². The molecule has 0 radical (unpaired) electrons. The Balaban J connectivity index is 1.88. The van der Waals surface area contributed by atoms with Crippen LogP contribution in [-0.4, -0.2) is 27.0 Å². The number of hydrogen-bond donors (Lipinski definition) is 1. The molecular weight excluding hydrogens is 315 g/mol. The maximum absolute atomic E-state index is 13.0. The van der Waals surface area contributed by atoms with Crippen LogP contribution in [0, 0.1) is 11.2 Å². The number of aliphatic imine (C=N–C) groups is 1. The summed E-state index contributed by atoms with van der Waals surface area (Å²) in [5.74, 6) is -0.813. The summed E-state index contributed by atoms with van der Waals surface area (Å²) in [5, 5.41) is 15.3. The molecule has 7 heteroatoms. The van der Waals surface area contributed by atoms with Crippen molar-refractivity contribution in [1.29, 1.82) is 5.41 Å². The molecular formula is C16H15FN4OS. The van der Waals surface area contributed by atoms with Crippen LogP contribution in [0.5, 0.6) is 0 Å². The number of halogens is 1. The summed E-state index contributed by atoms with van der Waals surface area (Å²) in [6.07, 6.45) is 4.41. The second-order valence-electron chi connectivity index (χ2n) is 5.17. The molecule has 23 heavy (non-hydrogen) atoms. The first-order valence-electron chi connectivity index (χ1n) is 7.33. The molecule has 3 rings (SSSR count). The Labute approximate surface area is 137 Å². The van der Waals surface area contributed by atoms with Crippen molar-refractivity contribution in [2.75, 3.05) is 0 Å². The molecule has 118 valence electrons. The van der Waals surface area contributed by atoms with Crippen molar-refractivity contribution >= 4 is 39.8 Å². The van der Waals surface area contributed by atoms with E-state index in [2.05, 4.69) is 17.0 Å². The third kappa shape index (κ3) is 3.24. The molecule has 0 atom stereocenters. The number of rotatable bonds is 4. The second-order valence-corrected chi connectivity index (χ2v) is 6.21. The fourth-order valence-corrected chi connectivity index (χ4v) is 3.11. The lowest BCUT2D eigenvalue weighted by Crippen LogP contribution is -2.35. The highest BCUT2D eigenvalue weighted by Crippen LogP contribution is 2.29. The largest absolute Gasteiger partial charge is 0.283 e. The Morgan fingerprint density at radius 2 is 2.09 bits per heavy atom. The van der Waals surface area contributed by atoms with Crippen LogP contribution >= 0.6 is 11.8 Å². The first-order chi connectivity index (χ1) is 11.1. The lowest BCUT2D eigenvalue weighted by atomic mass is 10.1. The van der Waals surface area contributed by atoms with Crippen molar-refractivity contribution < 1.29 is 9.18 Å². The van der Waals surface area contributed by atoms with E-state index in [-0.39, 0.29) is 17.2 Å². The number of thioether (sulfide) groups is 1. The quantitative estimate of drug-likeness (QED) is 0.857. The highest BCUT2D eigenvalue weighted by Gasteiger charge is 2.35. The van der Waals surface area contributed by atoms with Gasteiger partial charge in [-0.1, -0.05) is 25.5 Å². The van der Waals surface area contributed by atoms with Gasteiger partial charge in [0.2, 0.25) is 5.17 Å². The first kappa shape index (κ1) is 15.6. The van der Waals surface area contributed by atoms with Gasteiger partial charge in [-0.25, -0.2) is 4.39 Å². The number of amidine groups is 2. The first-order valence-corrected chi connectivity index (χ1v) is 8.15. The molecule has 0 unspecified atom stereocenters. The van der Waals surface area contributed by atoms with Crippen LogP contribution in [0.4, 0.5) is 4.39 Å². The monoisotopic (exact) mass is 330 g/mol. The standard InChI is InChI=1S/C16H15FN4OS/c1-2-3-4-13-20-21-14(18)12(15(22)19-16(21)23-13)9-10-5-7-11(17)8-6-10/h5-9,18H,2-4H2,1H3. The molecule has 1 aromatic rings. The molecule has 2 aliphatic rings. The summed E-state index contributed by atoms with van der Waals surface area (Å²) in [6.45, 7) is 2.10. The van der Waals surface area contributed by atoms with Crippen molar-refractivity contribution in [3.63, 3.8) is 0 Å². The zero-order valence-electron chi connectivity index (χ0n) is 12.5. The van der Waals surface area contributed by atoms with Gasteiger partial charge in [0.1, 0.15) is 10.9 Å². The highest BCUT2D eigenvalue weighted by molar-refractivity contribution is 8.26. The van der Waals surface area contributed by atoms with Gasteiger partial charge in [-0.2, -0.15) is 15.1 Å². The van der Waals surface area contributed by atoms with Crippen LogP contribution in [0.25, 0.3) is 6.08 Å². The Morgan fingerprint density at radius 3 is 2.78 bits per heavy atom. The number of amides is 1. The molecule has 0 saturated heterocycles. The van der Waals surface area contributed by atoms with E-state index in [4.69, 9.17) is 5.41 Å². The molecule has 5 nitrogen and oxygen atoms in total. The van der Waals surface area contributed by atoms with Crippen molar-refractivity contribution in [2.24, 2.45) is 10.1 Å². The summed E-state index contributed by atoms with van der Waals surface area (Å²) < 4.78 is 13.0. The van der Waals surface area contributed by atoms with Gasteiger partial charge in [0, 0.05) is 0 Å². The molecule has 1 amide bonds. The van der Waals surface area contributed by atoms with E-state index >= 15 is 0 Å². The second kappa shape index (κ2) is 6.45. The summed E-state index contributed by atoms with van der Waals surface area (Å²) in [6, 6.07) is 5.73. The van der Waals surface area contributed by atoms with Gasteiger partial charge in [0.25, 0.3) is 5.91 Å². The van der Waals surface area contributed by atoms with Crippen molar-refractivity contribution in [3.05, 3.63) is 41.2 Å². The van der Waals surface area contributed by atoms with E-state index in [0.29, 0.717) is 10.7 Å². The third-order valence-corrected chi connectivity index (χ3v) is 4.39. The van der Waals surface area contributed by atoms with E-state index in [0.717, 1.165) is 24.3 Å². The Bertz CT molecular complexity index is 752. The maximum atomic E-state index is 13.0. The molecule has 0 spiro atoms. The lowest BCUT2D eigenvalue weighted by Gasteiger charge is -2.20. The van der Waals surface area contributed by atoms with Gasteiger partial charge in [-0.05, 0) is 48.4 Å². The smallest absolute Gasteiger partial charge is 0.282 e. The van der Waals surface area contributed by atoms with Crippen LogP contribution in [0.1, 0.15) is 31.7 Å². The van der Waals surface area contributed by atoms with E-state index in [9.17, 15) is 9.18 Å². The molecule has 2 aliphatic heterocycles. The highest BCUT2D eigenvalue weighted by atomic mass is 32.2. The lowest BCUT2D eigenvalue weighted by molar-refractivity contribution is -0.114. The van der Waals surface area contributed by atoms with Crippen LogP contribution in [0.3, 0.4) is 0 Å². The van der Waals surface area contributed by atoms with Gasteiger partial charge < -0.3 is 0 Å². The molecule has 2 heterocycles. The Hall–Kier alpha value is -2.28. The zero-order chi connectivity index (χ0) is 16.4. The summed E-state index contributed by atoms with van der Waals surface area (Å²) >= 11 is 1.34. The molecule has 1 aromatic carbocycles. The molecule has 0 saturated carbocycles. The summed E-state index contributed by atoms with van der Waals surface area (Å²) in [7, 11) is 0. The van der Waals surface area contributed by atoms with E-state index in [1.54, 1.807) is 12.1 Å². The fourth-order valence-electron chi connectivity index (χ4n) is 2.19. The normalized spacial score (nSPS) is 19.0. The minimum Gasteiger partial charge on any atom is -0.282 e. The number of unbranched alkanes of at least 4 members (excludes halogenated alkanes) is 1. The van der Waals surface area contributed by atoms with Gasteiger partial charge in [0.05, 0.1) is 5.57 Å². The van der Waals surface area contributed by atoms with Crippen molar-refractivity contribution in [2.45, 2.75) is 26.2 Å². The van der Waals surface area contributed by atoms with Crippen LogP contribution in [0.15, 0.2) is 39.9 Å². The number of nitrogens with zero attached hydrogens (tertiary/aromatic N) is 3. The van der Waals surface area contributed by atoms with Gasteiger partial charge in [-0.3, -0.25) is 10.2 Å². The number of hydrogen-bond acceptors (Lipinski definition) is 4.